The van der Waals surface area contributed by atoms with Gasteiger partial charge in [0.15, 0.2) is 0 Å². The standard InChI is InChI=1S/C21H24N4O3S/c22-12-11-17-7-9-18(10-8-17)24-21(26)16-23-19-5-4-6-20(15-19)29(27,28)25-13-2-1-3-14-25/h4-10,15,23H,1-3,11,13-14,16H2,(H,24,26). The summed E-state index contributed by atoms with van der Waals surface area (Å²) in [6.07, 6.45) is 3.15. The molecule has 7 nitrogen and oxygen atoms in total. The largest absolute Gasteiger partial charge is 0.376 e. The van der Waals surface area contributed by atoms with Crippen molar-refractivity contribution < 1.29 is 13.2 Å². The highest BCUT2D eigenvalue weighted by molar-refractivity contribution is 7.89. The molecule has 0 bridgehead atoms. The molecule has 1 heterocycles. The molecule has 0 atom stereocenters. The molecular weight excluding hydrogens is 388 g/mol. The molecule has 1 saturated heterocycles. The maximum absolute atomic E-state index is 12.8. The van der Waals surface area contributed by atoms with E-state index in [-0.39, 0.29) is 17.3 Å². The molecule has 1 aliphatic rings. The van der Waals surface area contributed by atoms with E-state index in [1.165, 1.54) is 4.31 Å². The molecule has 0 spiro atoms. The second kappa shape index (κ2) is 9.54. The Morgan fingerprint density at radius 2 is 1.76 bits per heavy atom. The number of benzene rings is 2. The second-order valence-electron chi connectivity index (χ2n) is 6.93. The van der Waals surface area contributed by atoms with Gasteiger partial charge in [-0.05, 0) is 48.7 Å². The molecule has 152 valence electrons. The van der Waals surface area contributed by atoms with Crippen molar-refractivity contribution in [2.45, 2.75) is 30.6 Å². The summed E-state index contributed by atoms with van der Waals surface area (Å²) in [5.74, 6) is -0.248. The molecule has 0 saturated carbocycles. The van der Waals surface area contributed by atoms with E-state index in [1.54, 1.807) is 48.5 Å². The average molecular weight is 413 g/mol. The summed E-state index contributed by atoms with van der Waals surface area (Å²) in [6, 6.07) is 15.7. The molecule has 0 unspecified atom stereocenters. The Hall–Kier alpha value is -2.89. The molecule has 2 N–H and O–H groups in total. The van der Waals surface area contributed by atoms with E-state index in [4.69, 9.17) is 5.26 Å². The van der Waals surface area contributed by atoms with E-state index < -0.39 is 10.0 Å². The first-order valence-corrected chi connectivity index (χ1v) is 11.0. The van der Waals surface area contributed by atoms with Gasteiger partial charge in [0.2, 0.25) is 15.9 Å². The van der Waals surface area contributed by atoms with E-state index in [0.29, 0.717) is 30.9 Å². The Kier molecular flexibility index (Phi) is 6.86. The van der Waals surface area contributed by atoms with Crippen LogP contribution in [0.2, 0.25) is 0 Å². The topological polar surface area (TPSA) is 102 Å². The summed E-state index contributed by atoms with van der Waals surface area (Å²) >= 11 is 0. The van der Waals surface area contributed by atoms with Crippen LogP contribution in [0.1, 0.15) is 24.8 Å². The number of hydrogen-bond acceptors (Lipinski definition) is 5. The van der Waals surface area contributed by atoms with Crippen LogP contribution in [0.4, 0.5) is 11.4 Å². The van der Waals surface area contributed by atoms with Crippen LogP contribution in [0.15, 0.2) is 53.4 Å². The van der Waals surface area contributed by atoms with Crippen molar-refractivity contribution in [3.05, 3.63) is 54.1 Å². The van der Waals surface area contributed by atoms with Gasteiger partial charge in [0.05, 0.1) is 23.9 Å². The molecule has 8 heteroatoms. The fraction of sp³-hybridized carbons (Fsp3) is 0.333. The van der Waals surface area contributed by atoms with Crippen LogP contribution < -0.4 is 10.6 Å². The van der Waals surface area contributed by atoms with Gasteiger partial charge in [-0.2, -0.15) is 9.57 Å². The maximum atomic E-state index is 12.8. The van der Waals surface area contributed by atoms with Gasteiger partial charge in [-0.15, -0.1) is 0 Å². The zero-order valence-electron chi connectivity index (χ0n) is 16.1. The van der Waals surface area contributed by atoms with Gasteiger partial charge in [-0.3, -0.25) is 4.79 Å². The van der Waals surface area contributed by atoms with Crippen LogP contribution in [0, 0.1) is 11.3 Å². The molecule has 0 radical (unpaired) electrons. The normalized spacial score (nSPS) is 14.7. The number of nitriles is 1. The Morgan fingerprint density at radius 1 is 1.03 bits per heavy atom. The van der Waals surface area contributed by atoms with Crippen molar-refractivity contribution in [2.75, 3.05) is 30.3 Å². The number of nitrogens with zero attached hydrogens (tertiary/aromatic N) is 2. The number of sulfonamides is 1. The molecule has 2 aromatic carbocycles. The van der Waals surface area contributed by atoms with Gasteiger partial charge in [0.25, 0.3) is 0 Å². The predicted molar refractivity (Wildman–Crippen MR) is 112 cm³/mol. The molecule has 0 aliphatic carbocycles. The van der Waals surface area contributed by atoms with Crippen LogP contribution in [0.5, 0.6) is 0 Å². The van der Waals surface area contributed by atoms with Crippen molar-refractivity contribution in [2.24, 2.45) is 0 Å². The number of carbonyl (C=O) groups is 1. The molecule has 0 aromatic heterocycles. The van der Waals surface area contributed by atoms with E-state index in [1.807, 2.05) is 0 Å². The monoisotopic (exact) mass is 412 g/mol. The van der Waals surface area contributed by atoms with Crippen LogP contribution in [0.3, 0.4) is 0 Å². The van der Waals surface area contributed by atoms with Gasteiger partial charge in [-0.1, -0.05) is 24.6 Å². The van der Waals surface area contributed by atoms with E-state index in [9.17, 15) is 13.2 Å². The van der Waals surface area contributed by atoms with Crippen molar-refractivity contribution >= 4 is 27.3 Å². The van der Waals surface area contributed by atoms with Gasteiger partial charge in [0, 0.05) is 24.5 Å². The molecule has 3 rings (SSSR count). The summed E-state index contributed by atoms with van der Waals surface area (Å²) in [7, 11) is -3.51. The number of anilines is 2. The van der Waals surface area contributed by atoms with Crippen molar-refractivity contribution in [3.63, 3.8) is 0 Å². The number of piperidine rings is 1. The third kappa shape index (κ3) is 5.56. The minimum Gasteiger partial charge on any atom is -0.376 e. The lowest BCUT2D eigenvalue weighted by Crippen LogP contribution is -2.35. The number of rotatable bonds is 7. The van der Waals surface area contributed by atoms with Crippen molar-refractivity contribution in [1.29, 1.82) is 5.26 Å². The molecule has 1 aliphatic heterocycles. The van der Waals surface area contributed by atoms with Gasteiger partial charge in [-0.25, -0.2) is 8.42 Å². The van der Waals surface area contributed by atoms with E-state index >= 15 is 0 Å². The summed E-state index contributed by atoms with van der Waals surface area (Å²) in [5, 5.41) is 14.4. The maximum Gasteiger partial charge on any atom is 0.243 e. The van der Waals surface area contributed by atoms with Crippen molar-refractivity contribution in [3.8, 4) is 6.07 Å². The Labute approximate surface area is 171 Å². The zero-order valence-corrected chi connectivity index (χ0v) is 16.9. The van der Waals surface area contributed by atoms with Gasteiger partial charge in [0.1, 0.15) is 0 Å². The Bertz CT molecular complexity index is 991. The first-order chi connectivity index (χ1) is 14.0. The first-order valence-electron chi connectivity index (χ1n) is 9.59. The Balaban J connectivity index is 1.58. The summed E-state index contributed by atoms with van der Waals surface area (Å²) in [5.41, 5.74) is 2.10. The quantitative estimate of drug-likeness (QED) is 0.728. The average Bonchev–Trinajstić information content (AvgIpc) is 2.75. The van der Waals surface area contributed by atoms with Crippen LogP contribution in [-0.4, -0.2) is 38.3 Å². The molecular formula is C21H24N4O3S. The summed E-state index contributed by atoms with van der Waals surface area (Å²) in [4.78, 5) is 12.4. The summed E-state index contributed by atoms with van der Waals surface area (Å²) < 4.78 is 27.1. The highest BCUT2D eigenvalue weighted by Gasteiger charge is 2.25. The molecule has 2 aromatic rings. The van der Waals surface area contributed by atoms with Crippen molar-refractivity contribution in [1.82, 2.24) is 4.31 Å². The molecule has 1 amide bonds. The lowest BCUT2D eigenvalue weighted by molar-refractivity contribution is -0.114. The Morgan fingerprint density at radius 3 is 2.45 bits per heavy atom. The number of nitrogens with one attached hydrogen (secondary N) is 2. The van der Waals surface area contributed by atoms with Crippen LogP contribution in [0.25, 0.3) is 0 Å². The fourth-order valence-corrected chi connectivity index (χ4v) is 4.77. The fourth-order valence-electron chi connectivity index (χ4n) is 3.21. The SMILES string of the molecule is N#CCc1ccc(NC(=O)CNc2cccc(S(=O)(=O)N3CCCCC3)c2)cc1. The lowest BCUT2D eigenvalue weighted by Gasteiger charge is -2.26. The van der Waals surface area contributed by atoms with Crippen LogP contribution in [-0.2, 0) is 21.2 Å². The lowest BCUT2D eigenvalue weighted by atomic mass is 10.1. The minimum atomic E-state index is -3.51. The summed E-state index contributed by atoms with van der Waals surface area (Å²) in [6.45, 7) is 1.11. The highest BCUT2D eigenvalue weighted by Crippen LogP contribution is 2.22. The van der Waals surface area contributed by atoms with E-state index in [2.05, 4.69) is 16.7 Å². The third-order valence-electron chi connectivity index (χ3n) is 4.76. The minimum absolute atomic E-state index is 0.00711. The van der Waals surface area contributed by atoms with Gasteiger partial charge < -0.3 is 10.6 Å². The van der Waals surface area contributed by atoms with E-state index in [0.717, 1.165) is 24.8 Å². The number of carbonyl (C=O) groups excluding carboxylic acids is 1. The van der Waals surface area contributed by atoms with Gasteiger partial charge >= 0.3 is 0 Å². The molecule has 29 heavy (non-hydrogen) atoms. The highest BCUT2D eigenvalue weighted by atomic mass is 32.2. The number of hydrogen-bond donors (Lipinski definition) is 2. The number of amides is 1. The predicted octanol–water partition coefficient (Wildman–Crippen LogP) is 2.98. The second-order valence-corrected chi connectivity index (χ2v) is 8.86. The smallest absolute Gasteiger partial charge is 0.243 e. The van der Waals surface area contributed by atoms with Crippen LogP contribution >= 0.6 is 0 Å². The third-order valence-corrected chi connectivity index (χ3v) is 6.66. The first kappa shape index (κ1) is 20.8. The molecule has 1 fully saturated rings. The zero-order chi connectivity index (χ0) is 20.7.